The summed E-state index contributed by atoms with van der Waals surface area (Å²) in [6, 6.07) is 8.56. The molecule has 0 radical (unpaired) electrons. The highest BCUT2D eigenvalue weighted by Crippen LogP contribution is 2.30. The molecule has 1 aromatic rings. The standard InChI is InChI=1S/C15H19BrN2/c1-2-11-3-7-14(8-4-11)18-15-9-13(16)6-5-12(15)10-17/h5-6,9,11,14,18H,2-4,7-8H2,1H3. The van der Waals surface area contributed by atoms with Crippen LogP contribution in [0.4, 0.5) is 5.69 Å². The smallest absolute Gasteiger partial charge is 0.101 e. The van der Waals surface area contributed by atoms with Crippen molar-refractivity contribution in [3.63, 3.8) is 0 Å². The molecule has 2 rings (SSSR count). The lowest BCUT2D eigenvalue weighted by Gasteiger charge is -2.29. The molecule has 1 fully saturated rings. The highest BCUT2D eigenvalue weighted by atomic mass is 79.9. The third-order valence-corrected chi connectivity index (χ3v) is 4.38. The molecular weight excluding hydrogens is 288 g/mol. The molecule has 2 nitrogen and oxygen atoms in total. The molecule has 3 heteroatoms. The fourth-order valence-corrected chi connectivity index (χ4v) is 3.03. The predicted octanol–water partition coefficient (Wildman–Crippen LogP) is 4.70. The maximum atomic E-state index is 9.11. The van der Waals surface area contributed by atoms with Gasteiger partial charge in [-0.1, -0.05) is 29.3 Å². The molecule has 0 atom stereocenters. The maximum Gasteiger partial charge on any atom is 0.101 e. The summed E-state index contributed by atoms with van der Waals surface area (Å²) in [5.74, 6) is 0.904. The molecule has 1 saturated carbocycles. The van der Waals surface area contributed by atoms with E-state index in [2.05, 4.69) is 34.2 Å². The van der Waals surface area contributed by atoms with E-state index in [1.807, 2.05) is 18.2 Å². The van der Waals surface area contributed by atoms with E-state index in [1.54, 1.807) is 0 Å². The lowest BCUT2D eigenvalue weighted by Crippen LogP contribution is -2.26. The third kappa shape index (κ3) is 3.26. The zero-order chi connectivity index (χ0) is 13.0. The van der Waals surface area contributed by atoms with Crippen molar-refractivity contribution in [1.29, 1.82) is 5.26 Å². The lowest BCUT2D eigenvalue weighted by atomic mass is 9.84. The van der Waals surface area contributed by atoms with Crippen LogP contribution in [0.2, 0.25) is 0 Å². The summed E-state index contributed by atoms with van der Waals surface area (Å²) < 4.78 is 1.02. The number of nitriles is 1. The average Bonchev–Trinajstić information content (AvgIpc) is 2.40. The second-order valence-corrected chi connectivity index (χ2v) is 5.99. The summed E-state index contributed by atoms with van der Waals surface area (Å²) in [7, 11) is 0. The van der Waals surface area contributed by atoms with Crippen molar-refractivity contribution in [2.24, 2.45) is 5.92 Å². The number of nitrogens with one attached hydrogen (secondary N) is 1. The molecule has 1 aliphatic carbocycles. The molecule has 0 unspecified atom stereocenters. The van der Waals surface area contributed by atoms with Crippen molar-refractivity contribution in [3.8, 4) is 6.07 Å². The number of hydrogen-bond donors (Lipinski definition) is 1. The van der Waals surface area contributed by atoms with Crippen LogP contribution in [0.1, 0.15) is 44.6 Å². The number of halogens is 1. The van der Waals surface area contributed by atoms with Crippen LogP contribution in [-0.4, -0.2) is 6.04 Å². The van der Waals surface area contributed by atoms with Gasteiger partial charge in [0, 0.05) is 10.5 Å². The van der Waals surface area contributed by atoms with E-state index in [1.165, 1.54) is 32.1 Å². The molecule has 0 spiro atoms. The molecule has 1 N–H and O–H groups in total. The molecule has 1 aliphatic rings. The van der Waals surface area contributed by atoms with E-state index in [-0.39, 0.29) is 0 Å². The van der Waals surface area contributed by atoms with Gasteiger partial charge in [-0.15, -0.1) is 0 Å². The predicted molar refractivity (Wildman–Crippen MR) is 78.5 cm³/mol. The first-order chi connectivity index (χ1) is 8.72. The van der Waals surface area contributed by atoms with Gasteiger partial charge in [0.1, 0.15) is 6.07 Å². The van der Waals surface area contributed by atoms with E-state index < -0.39 is 0 Å². The molecule has 0 aliphatic heterocycles. The van der Waals surface area contributed by atoms with Crippen LogP contribution in [-0.2, 0) is 0 Å². The summed E-state index contributed by atoms with van der Waals surface area (Å²) in [5, 5.41) is 12.6. The van der Waals surface area contributed by atoms with E-state index in [9.17, 15) is 0 Å². The Bertz CT molecular complexity index is 442. The van der Waals surface area contributed by atoms with Gasteiger partial charge in [-0.25, -0.2) is 0 Å². The summed E-state index contributed by atoms with van der Waals surface area (Å²) in [6.45, 7) is 2.28. The quantitative estimate of drug-likeness (QED) is 0.878. The first-order valence-electron chi connectivity index (χ1n) is 6.69. The Hall–Kier alpha value is -1.01. The molecule has 0 amide bonds. The number of hydrogen-bond acceptors (Lipinski definition) is 2. The van der Waals surface area contributed by atoms with E-state index >= 15 is 0 Å². The third-order valence-electron chi connectivity index (χ3n) is 3.89. The molecule has 0 aromatic heterocycles. The number of anilines is 1. The largest absolute Gasteiger partial charge is 0.381 e. The lowest BCUT2D eigenvalue weighted by molar-refractivity contribution is 0.330. The van der Waals surface area contributed by atoms with Gasteiger partial charge in [0.05, 0.1) is 11.3 Å². The van der Waals surface area contributed by atoms with Crippen LogP contribution in [0, 0.1) is 17.2 Å². The van der Waals surface area contributed by atoms with Gasteiger partial charge in [0.25, 0.3) is 0 Å². The monoisotopic (exact) mass is 306 g/mol. The van der Waals surface area contributed by atoms with Gasteiger partial charge in [-0.2, -0.15) is 5.26 Å². The molecule has 1 aromatic carbocycles. The van der Waals surface area contributed by atoms with Gasteiger partial charge >= 0.3 is 0 Å². The van der Waals surface area contributed by atoms with Gasteiger partial charge in [0.2, 0.25) is 0 Å². The van der Waals surface area contributed by atoms with Gasteiger partial charge in [0.15, 0.2) is 0 Å². The summed E-state index contributed by atoms with van der Waals surface area (Å²) >= 11 is 3.46. The van der Waals surface area contributed by atoms with Crippen molar-refractivity contribution in [1.82, 2.24) is 0 Å². The minimum atomic E-state index is 0.522. The van der Waals surface area contributed by atoms with E-state index in [0.717, 1.165) is 21.6 Å². The molecule has 18 heavy (non-hydrogen) atoms. The zero-order valence-corrected chi connectivity index (χ0v) is 12.3. The summed E-state index contributed by atoms with van der Waals surface area (Å²) in [6.07, 6.45) is 6.35. The Labute approximate surface area is 118 Å². The molecule has 0 bridgehead atoms. The molecule has 96 valence electrons. The first-order valence-corrected chi connectivity index (χ1v) is 7.48. The normalized spacial score (nSPS) is 23.4. The van der Waals surface area contributed by atoms with Crippen LogP contribution < -0.4 is 5.32 Å². The minimum absolute atomic E-state index is 0.522. The maximum absolute atomic E-state index is 9.11. The van der Waals surface area contributed by atoms with Crippen LogP contribution in [0.15, 0.2) is 22.7 Å². The number of rotatable bonds is 3. The van der Waals surface area contributed by atoms with Crippen LogP contribution in [0.3, 0.4) is 0 Å². The Morgan fingerprint density at radius 3 is 2.67 bits per heavy atom. The molecular formula is C15H19BrN2. The molecule has 0 heterocycles. The second kappa shape index (κ2) is 6.24. The molecule has 0 saturated heterocycles. The van der Waals surface area contributed by atoms with Crippen molar-refractivity contribution in [2.75, 3.05) is 5.32 Å². The van der Waals surface area contributed by atoms with Crippen LogP contribution in [0.25, 0.3) is 0 Å². The summed E-state index contributed by atoms with van der Waals surface area (Å²) in [4.78, 5) is 0. The van der Waals surface area contributed by atoms with Crippen molar-refractivity contribution >= 4 is 21.6 Å². The topological polar surface area (TPSA) is 35.8 Å². The highest BCUT2D eigenvalue weighted by Gasteiger charge is 2.20. The Balaban J connectivity index is 2.02. The SMILES string of the molecule is CCC1CCC(Nc2cc(Br)ccc2C#N)CC1. The van der Waals surface area contributed by atoms with Crippen LogP contribution >= 0.6 is 15.9 Å². The van der Waals surface area contributed by atoms with E-state index in [0.29, 0.717) is 6.04 Å². The fraction of sp³-hybridized carbons (Fsp3) is 0.533. The number of nitrogens with zero attached hydrogens (tertiary/aromatic N) is 1. The van der Waals surface area contributed by atoms with Gasteiger partial charge in [-0.3, -0.25) is 0 Å². The summed E-state index contributed by atoms with van der Waals surface area (Å²) in [5.41, 5.74) is 1.70. The Kier molecular flexibility index (Phi) is 4.66. The highest BCUT2D eigenvalue weighted by molar-refractivity contribution is 9.10. The number of benzene rings is 1. The van der Waals surface area contributed by atoms with Crippen molar-refractivity contribution < 1.29 is 0 Å². The Morgan fingerprint density at radius 1 is 1.33 bits per heavy atom. The fourth-order valence-electron chi connectivity index (χ4n) is 2.67. The van der Waals surface area contributed by atoms with Crippen LogP contribution in [0.5, 0.6) is 0 Å². The Morgan fingerprint density at radius 2 is 2.06 bits per heavy atom. The van der Waals surface area contributed by atoms with E-state index in [4.69, 9.17) is 5.26 Å². The van der Waals surface area contributed by atoms with Crippen molar-refractivity contribution in [2.45, 2.75) is 45.1 Å². The first kappa shape index (κ1) is 13.4. The van der Waals surface area contributed by atoms with Gasteiger partial charge in [-0.05, 0) is 49.8 Å². The average molecular weight is 307 g/mol. The van der Waals surface area contributed by atoms with Crippen molar-refractivity contribution in [3.05, 3.63) is 28.2 Å². The minimum Gasteiger partial charge on any atom is -0.381 e. The second-order valence-electron chi connectivity index (χ2n) is 5.07. The zero-order valence-electron chi connectivity index (χ0n) is 10.7. The van der Waals surface area contributed by atoms with Gasteiger partial charge < -0.3 is 5.32 Å².